The molecule has 90 valence electrons. The summed E-state index contributed by atoms with van der Waals surface area (Å²) in [6.07, 6.45) is 4.65. The van der Waals surface area contributed by atoms with Crippen LogP contribution in [0.2, 0.25) is 0 Å². The van der Waals surface area contributed by atoms with E-state index in [2.05, 4.69) is 15.3 Å². The Balaban J connectivity index is 2.39. The number of rotatable bonds is 4. The maximum absolute atomic E-state index is 13.7. The second-order valence-electron chi connectivity index (χ2n) is 3.67. The Labute approximate surface area is 104 Å². The molecule has 0 spiro atoms. The molecule has 5 heteroatoms. The number of aryl methyl sites for hydroxylation is 1. The van der Waals surface area contributed by atoms with Gasteiger partial charge in [0.15, 0.2) is 0 Å². The van der Waals surface area contributed by atoms with Crippen LogP contribution in [-0.2, 0) is 0 Å². The van der Waals surface area contributed by atoms with Crippen molar-refractivity contribution in [2.24, 2.45) is 0 Å². The molecule has 1 atom stereocenters. The third-order valence-electron chi connectivity index (χ3n) is 2.45. The molecule has 1 unspecified atom stereocenters. The predicted molar refractivity (Wildman–Crippen MR) is 66.6 cm³/mol. The zero-order valence-electron chi connectivity index (χ0n) is 9.77. The highest BCUT2D eigenvalue weighted by Crippen LogP contribution is 2.27. The summed E-state index contributed by atoms with van der Waals surface area (Å²) >= 11 is 1.58. The molecule has 3 nitrogen and oxygen atoms in total. The van der Waals surface area contributed by atoms with E-state index in [4.69, 9.17) is 0 Å². The molecule has 2 heterocycles. The molecule has 0 saturated carbocycles. The number of thiazole rings is 1. The third-order valence-corrected chi connectivity index (χ3v) is 3.42. The van der Waals surface area contributed by atoms with Crippen molar-refractivity contribution in [2.75, 3.05) is 6.54 Å². The van der Waals surface area contributed by atoms with Crippen LogP contribution in [0.1, 0.15) is 28.4 Å². The van der Waals surface area contributed by atoms with Crippen LogP contribution < -0.4 is 5.32 Å². The van der Waals surface area contributed by atoms with Gasteiger partial charge in [0.1, 0.15) is 5.82 Å². The van der Waals surface area contributed by atoms with Crippen LogP contribution in [-0.4, -0.2) is 16.5 Å². The van der Waals surface area contributed by atoms with Gasteiger partial charge in [-0.15, -0.1) is 11.3 Å². The van der Waals surface area contributed by atoms with Crippen LogP contribution in [0.25, 0.3) is 0 Å². The quantitative estimate of drug-likeness (QED) is 0.908. The Hall–Kier alpha value is -1.33. The second-order valence-corrected chi connectivity index (χ2v) is 4.94. The molecule has 0 bridgehead atoms. The fourth-order valence-electron chi connectivity index (χ4n) is 1.70. The number of aromatic nitrogens is 2. The van der Waals surface area contributed by atoms with Crippen molar-refractivity contribution >= 4 is 11.3 Å². The average Bonchev–Trinajstić information content (AvgIpc) is 2.74. The molecule has 0 aliphatic rings. The van der Waals surface area contributed by atoms with Crippen LogP contribution in [0.15, 0.2) is 24.7 Å². The van der Waals surface area contributed by atoms with Gasteiger partial charge in [-0.3, -0.25) is 4.98 Å². The minimum atomic E-state index is -0.287. The van der Waals surface area contributed by atoms with E-state index in [1.807, 2.05) is 13.8 Å². The van der Waals surface area contributed by atoms with E-state index in [0.29, 0.717) is 5.56 Å². The van der Waals surface area contributed by atoms with Crippen LogP contribution in [0.3, 0.4) is 0 Å². The molecule has 2 aromatic heterocycles. The van der Waals surface area contributed by atoms with Gasteiger partial charge in [0.25, 0.3) is 0 Å². The Morgan fingerprint density at radius 1 is 1.47 bits per heavy atom. The van der Waals surface area contributed by atoms with Gasteiger partial charge in [-0.1, -0.05) is 6.92 Å². The van der Waals surface area contributed by atoms with Crippen molar-refractivity contribution in [3.63, 3.8) is 0 Å². The summed E-state index contributed by atoms with van der Waals surface area (Å²) < 4.78 is 13.7. The van der Waals surface area contributed by atoms with Gasteiger partial charge in [-0.25, -0.2) is 9.37 Å². The summed E-state index contributed by atoms with van der Waals surface area (Å²) in [6.45, 7) is 4.71. The SMILES string of the molecule is CCNC(c1cnc(C)s1)c1ccncc1F. The minimum absolute atomic E-state index is 0.144. The summed E-state index contributed by atoms with van der Waals surface area (Å²) in [7, 11) is 0. The van der Waals surface area contributed by atoms with Crippen molar-refractivity contribution in [3.05, 3.63) is 45.9 Å². The van der Waals surface area contributed by atoms with E-state index in [9.17, 15) is 4.39 Å². The lowest BCUT2D eigenvalue weighted by molar-refractivity contribution is 0.558. The summed E-state index contributed by atoms with van der Waals surface area (Å²) in [4.78, 5) is 9.01. The average molecular weight is 251 g/mol. The van der Waals surface area contributed by atoms with E-state index < -0.39 is 0 Å². The molecule has 0 aliphatic carbocycles. The first-order valence-corrected chi connectivity index (χ1v) is 6.29. The topological polar surface area (TPSA) is 37.8 Å². The number of pyridine rings is 1. The van der Waals surface area contributed by atoms with Crippen LogP contribution in [0.5, 0.6) is 0 Å². The molecule has 0 aromatic carbocycles. The molecule has 2 rings (SSSR count). The van der Waals surface area contributed by atoms with Gasteiger partial charge in [0.2, 0.25) is 0 Å². The van der Waals surface area contributed by atoms with Gasteiger partial charge < -0.3 is 5.32 Å². The first-order chi connectivity index (χ1) is 8.22. The number of hydrogen-bond acceptors (Lipinski definition) is 4. The van der Waals surface area contributed by atoms with Crippen LogP contribution in [0, 0.1) is 12.7 Å². The number of halogens is 1. The highest BCUT2D eigenvalue weighted by Gasteiger charge is 2.18. The second kappa shape index (κ2) is 5.33. The van der Waals surface area contributed by atoms with Crippen molar-refractivity contribution < 1.29 is 4.39 Å². The van der Waals surface area contributed by atoms with E-state index in [-0.39, 0.29) is 11.9 Å². The summed E-state index contributed by atoms with van der Waals surface area (Å²) in [5, 5.41) is 4.26. The minimum Gasteiger partial charge on any atom is -0.306 e. The highest BCUT2D eigenvalue weighted by molar-refractivity contribution is 7.11. The highest BCUT2D eigenvalue weighted by atomic mass is 32.1. The zero-order valence-corrected chi connectivity index (χ0v) is 10.6. The van der Waals surface area contributed by atoms with E-state index in [1.54, 1.807) is 29.8 Å². The molecule has 2 aromatic rings. The van der Waals surface area contributed by atoms with Crippen molar-refractivity contribution in [2.45, 2.75) is 19.9 Å². The standard InChI is InChI=1S/C12H14FN3S/c1-3-15-12(11-7-16-8(2)17-11)9-4-5-14-6-10(9)13/h4-7,12,15H,3H2,1-2H3. The molecular formula is C12H14FN3S. The molecule has 17 heavy (non-hydrogen) atoms. The Bertz CT molecular complexity index is 498. The largest absolute Gasteiger partial charge is 0.306 e. The molecule has 0 amide bonds. The number of nitrogens with one attached hydrogen (secondary N) is 1. The molecule has 0 saturated heterocycles. The zero-order chi connectivity index (χ0) is 12.3. The third kappa shape index (κ3) is 2.68. The summed E-state index contributed by atoms with van der Waals surface area (Å²) in [5.74, 6) is -0.287. The number of hydrogen-bond donors (Lipinski definition) is 1. The Morgan fingerprint density at radius 2 is 2.29 bits per heavy atom. The van der Waals surface area contributed by atoms with Gasteiger partial charge >= 0.3 is 0 Å². The monoisotopic (exact) mass is 251 g/mol. The van der Waals surface area contributed by atoms with Gasteiger partial charge in [0, 0.05) is 22.8 Å². The van der Waals surface area contributed by atoms with E-state index in [0.717, 1.165) is 16.4 Å². The fraction of sp³-hybridized carbons (Fsp3) is 0.333. The summed E-state index contributed by atoms with van der Waals surface area (Å²) in [5.41, 5.74) is 0.616. The summed E-state index contributed by atoms with van der Waals surface area (Å²) in [6, 6.07) is 1.56. The lowest BCUT2D eigenvalue weighted by Crippen LogP contribution is -2.22. The van der Waals surface area contributed by atoms with Crippen molar-refractivity contribution in [1.29, 1.82) is 0 Å². The number of nitrogens with zero attached hydrogens (tertiary/aromatic N) is 2. The van der Waals surface area contributed by atoms with Crippen molar-refractivity contribution in [1.82, 2.24) is 15.3 Å². The Kier molecular flexibility index (Phi) is 3.81. The van der Waals surface area contributed by atoms with Crippen LogP contribution in [0.4, 0.5) is 4.39 Å². The maximum atomic E-state index is 13.7. The van der Waals surface area contributed by atoms with E-state index in [1.165, 1.54) is 6.20 Å². The van der Waals surface area contributed by atoms with Gasteiger partial charge in [0.05, 0.1) is 17.2 Å². The van der Waals surface area contributed by atoms with Crippen molar-refractivity contribution in [3.8, 4) is 0 Å². The molecule has 0 fully saturated rings. The lowest BCUT2D eigenvalue weighted by Gasteiger charge is -2.16. The maximum Gasteiger partial charge on any atom is 0.146 e. The predicted octanol–water partition coefficient (Wildman–Crippen LogP) is 2.68. The van der Waals surface area contributed by atoms with Gasteiger partial charge in [-0.2, -0.15) is 0 Å². The lowest BCUT2D eigenvalue weighted by atomic mass is 10.1. The Morgan fingerprint density at radius 3 is 2.88 bits per heavy atom. The molecule has 0 radical (unpaired) electrons. The molecule has 1 N–H and O–H groups in total. The molecular weight excluding hydrogens is 237 g/mol. The molecule has 0 aliphatic heterocycles. The smallest absolute Gasteiger partial charge is 0.146 e. The van der Waals surface area contributed by atoms with Gasteiger partial charge in [-0.05, 0) is 19.5 Å². The first-order valence-electron chi connectivity index (χ1n) is 5.47. The normalized spacial score (nSPS) is 12.6. The fourth-order valence-corrected chi connectivity index (χ4v) is 2.58. The van der Waals surface area contributed by atoms with E-state index >= 15 is 0 Å². The van der Waals surface area contributed by atoms with Crippen LogP contribution >= 0.6 is 11.3 Å². The first kappa shape index (κ1) is 12.1.